The number of anilines is 1. The van der Waals surface area contributed by atoms with E-state index < -0.39 is 17.8 Å². The van der Waals surface area contributed by atoms with Gasteiger partial charge in [0.15, 0.2) is 11.5 Å². The second-order valence-electron chi connectivity index (χ2n) is 7.43. The maximum atomic E-state index is 13.5. The Morgan fingerprint density at radius 1 is 1.03 bits per heavy atom. The quantitative estimate of drug-likeness (QED) is 0.302. The molecular weight excluding hydrogens is 450 g/mol. The molecule has 0 aromatic heterocycles. The number of methoxy groups -OCH3 is 2. The lowest BCUT2D eigenvalue weighted by Gasteiger charge is -2.18. The fourth-order valence-electron chi connectivity index (χ4n) is 3.66. The number of ether oxygens (including phenoxy) is 4. The molecule has 8 nitrogen and oxygen atoms in total. The lowest BCUT2D eigenvalue weighted by molar-refractivity contribution is -0.136. The number of rotatable bonds is 9. The van der Waals surface area contributed by atoms with Crippen LogP contribution in [-0.4, -0.2) is 45.3 Å². The zero-order valence-electron chi connectivity index (χ0n) is 20.1. The van der Waals surface area contributed by atoms with E-state index in [9.17, 15) is 14.4 Å². The summed E-state index contributed by atoms with van der Waals surface area (Å²) in [7, 11) is 2.77. The lowest BCUT2D eigenvalue weighted by atomic mass is 10.0. The number of carbonyl (C=O) groups is 3. The number of carbonyl (C=O) groups excluding carboxylic acids is 3. The smallest absolute Gasteiger partial charge is 0.340 e. The number of esters is 2. The highest BCUT2D eigenvalue weighted by atomic mass is 16.5. The van der Waals surface area contributed by atoms with Crippen molar-refractivity contribution in [2.45, 2.75) is 13.8 Å². The van der Waals surface area contributed by atoms with E-state index >= 15 is 0 Å². The molecule has 2 aromatic carbocycles. The van der Waals surface area contributed by atoms with Crippen LogP contribution in [0.5, 0.6) is 11.5 Å². The van der Waals surface area contributed by atoms with Crippen molar-refractivity contribution >= 4 is 29.6 Å². The largest absolute Gasteiger partial charge is 0.493 e. The topological polar surface area (TPSA) is 91.4 Å². The molecule has 0 aliphatic carbocycles. The van der Waals surface area contributed by atoms with Gasteiger partial charge in [0, 0.05) is 11.4 Å². The van der Waals surface area contributed by atoms with Crippen molar-refractivity contribution in [3.63, 3.8) is 0 Å². The third-order valence-electron chi connectivity index (χ3n) is 5.28. The van der Waals surface area contributed by atoms with E-state index in [1.807, 2.05) is 0 Å². The fourth-order valence-corrected chi connectivity index (χ4v) is 3.66. The van der Waals surface area contributed by atoms with Crippen molar-refractivity contribution in [3.8, 4) is 11.5 Å². The molecule has 0 saturated heterocycles. The maximum Gasteiger partial charge on any atom is 0.340 e. The number of amides is 1. The van der Waals surface area contributed by atoms with Gasteiger partial charge in [0.05, 0.1) is 37.5 Å². The highest BCUT2D eigenvalue weighted by Crippen LogP contribution is 2.36. The van der Waals surface area contributed by atoms with Crippen LogP contribution in [0.15, 0.2) is 72.0 Å². The normalized spacial score (nSPS) is 14.2. The Bertz CT molecular complexity index is 1210. The third kappa shape index (κ3) is 5.27. The van der Waals surface area contributed by atoms with Crippen LogP contribution in [0.3, 0.4) is 0 Å². The van der Waals surface area contributed by atoms with Gasteiger partial charge in [-0.2, -0.15) is 0 Å². The van der Waals surface area contributed by atoms with E-state index in [0.717, 1.165) is 0 Å². The van der Waals surface area contributed by atoms with E-state index in [0.29, 0.717) is 40.6 Å². The minimum Gasteiger partial charge on any atom is -0.493 e. The Balaban J connectivity index is 2.02. The summed E-state index contributed by atoms with van der Waals surface area (Å²) in [6.07, 6.45) is 3.22. The van der Waals surface area contributed by atoms with Crippen molar-refractivity contribution in [1.82, 2.24) is 0 Å². The summed E-state index contributed by atoms with van der Waals surface area (Å²) < 4.78 is 20.9. The first-order chi connectivity index (χ1) is 16.9. The number of hydrogen-bond acceptors (Lipinski definition) is 7. The minimum atomic E-state index is -0.634. The SMILES string of the molecule is C=CCOc1ccc(/C=C2\C(=O)N(c3ccc(C(=O)OCC)cc3)C(C)=C2C(=O)OC)cc1OC. The fraction of sp³-hybridized carbons (Fsp3) is 0.222. The molecule has 0 bridgehead atoms. The second-order valence-corrected chi connectivity index (χ2v) is 7.43. The molecule has 182 valence electrons. The minimum absolute atomic E-state index is 0.151. The summed E-state index contributed by atoms with van der Waals surface area (Å²) in [5.41, 5.74) is 2.22. The summed E-state index contributed by atoms with van der Waals surface area (Å²) in [6.45, 7) is 7.59. The van der Waals surface area contributed by atoms with Crippen LogP contribution in [0, 0.1) is 0 Å². The molecule has 1 aliphatic rings. The van der Waals surface area contributed by atoms with Gasteiger partial charge in [-0.05, 0) is 61.9 Å². The molecule has 3 rings (SSSR count). The van der Waals surface area contributed by atoms with Gasteiger partial charge >= 0.3 is 11.9 Å². The molecular formula is C27H27NO7. The van der Waals surface area contributed by atoms with Crippen LogP contribution in [0.1, 0.15) is 29.8 Å². The first-order valence-electron chi connectivity index (χ1n) is 10.9. The highest BCUT2D eigenvalue weighted by Gasteiger charge is 2.38. The van der Waals surface area contributed by atoms with Crippen molar-refractivity contribution in [2.75, 3.05) is 32.3 Å². The van der Waals surface area contributed by atoms with Gasteiger partial charge in [-0.3, -0.25) is 9.69 Å². The van der Waals surface area contributed by atoms with Crippen LogP contribution in [-0.2, 0) is 19.1 Å². The maximum absolute atomic E-state index is 13.5. The van der Waals surface area contributed by atoms with Crippen molar-refractivity contribution < 1.29 is 33.3 Å². The predicted octanol–water partition coefficient (Wildman–Crippen LogP) is 4.31. The predicted molar refractivity (Wildman–Crippen MR) is 131 cm³/mol. The molecule has 0 spiro atoms. The summed E-state index contributed by atoms with van der Waals surface area (Å²) >= 11 is 0. The van der Waals surface area contributed by atoms with Crippen molar-refractivity contribution in [2.24, 2.45) is 0 Å². The van der Waals surface area contributed by atoms with Crippen LogP contribution in [0.25, 0.3) is 6.08 Å². The number of allylic oxidation sites excluding steroid dienone is 1. The summed E-state index contributed by atoms with van der Waals surface area (Å²) in [4.78, 5) is 39.5. The first kappa shape index (κ1) is 25.3. The van der Waals surface area contributed by atoms with Gasteiger partial charge in [-0.15, -0.1) is 0 Å². The average Bonchev–Trinajstić information content (AvgIpc) is 3.11. The first-order valence-corrected chi connectivity index (χ1v) is 10.9. The molecule has 35 heavy (non-hydrogen) atoms. The molecule has 0 atom stereocenters. The second kappa shape index (κ2) is 11.2. The molecule has 1 aliphatic heterocycles. The third-order valence-corrected chi connectivity index (χ3v) is 5.28. The van der Waals surface area contributed by atoms with Crippen molar-refractivity contribution in [1.29, 1.82) is 0 Å². The summed E-state index contributed by atoms with van der Waals surface area (Å²) in [6, 6.07) is 11.6. The Labute approximate surface area is 204 Å². The van der Waals surface area contributed by atoms with Gasteiger partial charge in [0.2, 0.25) is 0 Å². The standard InChI is InChI=1S/C27H27NO7/c1-6-14-35-22-13-8-18(16-23(22)32-4)15-21-24(27(31)33-5)17(3)28(25(21)29)20-11-9-19(10-12-20)26(30)34-7-2/h6,8-13,15-16H,1,7,14H2,2-5H3/b21-15-. The van der Waals surface area contributed by atoms with E-state index in [4.69, 9.17) is 18.9 Å². The van der Waals surface area contributed by atoms with Gasteiger partial charge < -0.3 is 18.9 Å². The van der Waals surface area contributed by atoms with E-state index in [2.05, 4.69) is 6.58 Å². The Morgan fingerprint density at radius 2 is 1.74 bits per heavy atom. The van der Waals surface area contributed by atoms with Gasteiger partial charge in [0.25, 0.3) is 5.91 Å². The van der Waals surface area contributed by atoms with Gasteiger partial charge in [-0.25, -0.2) is 9.59 Å². The molecule has 1 amide bonds. The Hall–Kier alpha value is -4.33. The summed E-state index contributed by atoms with van der Waals surface area (Å²) in [5, 5.41) is 0. The molecule has 8 heteroatoms. The molecule has 0 saturated carbocycles. The highest BCUT2D eigenvalue weighted by molar-refractivity contribution is 6.23. The molecule has 2 aromatic rings. The zero-order valence-corrected chi connectivity index (χ0v) is 20.1. The lowest BCUT2D eigenvalue weighted by Crippen LogP contribution is -2.24. The monoisotopic (exact) mass is 477 g/mol. The van der Waals surface area contributed by atoms with E-state index in [-0.39, 0.29) is 17.8 Å². The van der Waals surface area contributed by atoms with Crippen LogP contribution >= 0.6 is 0 Å². The van der Waals surface area contributed by atoms with Crippen LogP contribution in [0.4, 0.5) is 5.69 Å². The zero-order chi connectivity index (χ0) is 25.5. The van der Waals surface area contributed by atoms with Crippen LogP contribution in [0.2, 0.25) is 0 Å². The molecule has 0 radical (unpaired) electrons. The van der Waals surface area contributed by atoms with E-state index in [1.54, 1.807) is 68.5 Å². The van der Waals surface area contributed by atoms with Crippen LogP contribution < -0.4 is 14.4 Å². The molecule has 0 fully saturated rings. The number of nitrogens with zero attached hydrogens (tertiary/aromatic N) is 1. The molecule has 0 unspecified atom stereocenters. The molecule has 0 N–H and O–H groups in total. The van der Waals surface area contributed by atoms with Gasteiger partial charge in [0.1, 0.15) is 6.61 Å². The summed E-state index contributed by atoms with van der Waals surface area (Å²) in [5.74, 6) is -0.498. The van der Waals surface area contributed by atoms with Crippen molar-refractivity contribution in [3.05, 3.63) is 83.1 Å². The van der Waals surface area contributed by atoms with Gasteiger partial charge in [-0.1, -0.05) is 18.7 Å². The Kier molecular flexibility index (Phi) is 8.09. The molecule has 1 heterocycles. The Morgan fingerprint density at radius 3 is 2.34 bits per heavy atom. The number of benzene rings is 2. The average molecular weight is 478 g/mol. The number of hydrogen-bond donors (Lipinski definition) is 0. The van der Waals surface area contributed by atoms with E-state index in [1.165, 1.54) is 19.1 Å².